The number of hydrazine groups is 1. The monoisotopic (exact) mass is 268 g/mol. The average Bonchev–Trinajstić information content (AvgIpc) is 2.38. The van der Waals surface area contributed by atoms with Crippen molar-refractivity contribution in [2.24, 2.45) is 11.8 Å². The van der Waals surface area contributed by atoms with Crippen molar-refractivity contribution in [1.82, 2.24) is 9.88 Å². The molecule has 0 unspecified atom stereocenters. The Kier molecular flexibility index (Phi) is 4.04. The molecule has 0 radical (unpaired) electrons. The zero-order valence-corrected chi connectivity index (χ0v) is 11.1. The zero-order valence-electron chi connectivity index (χ0n) is 10.3. The molecular formula is C12H17ClN4O. The third-order valence-corrected chi connectivity index (χ3v) is 3.58. The number of anilines is 1. The summed E-state index contributed by atoms with van der Waals surface area (Å²) in [5, 5.41) is 0.355. The predicted molar refractivity (Wildman–Crippen MR) is 71.4 cm³/mol. The first-order valence-electron chi connectivity index (χ1n) is 6.03. The van der Waals surface area contributed by atoms with Crippen LogP contribution in [-0.2, 0) is 0 Å². The number of nitrogen functional groups attached to an aromatic ring is 1. The van der Waals surface area contributed by atoms with Gasteiger partial charge in [-0.25, -0.2) is 10.8 Å². The highest BCUT2D eigenvalue weighted by atomic mass is 35.5. The molecule has 1 aliphatic rings. The van der Waals surface area contributed by atoms with Crippen LogP contribution in [0.2, 0.25) is 5.02 Å². The maximum absolute atomic E-state index is 12.2. The van der Waals surface area contributed by atoms with Gasteiger partial charge in [0.05, 0.1) is 10.6 Å². The van der Waals surface area contributed by atoms with Gasteiger partial charge in [0.1, 0.15) is 0 Å². The molecule has 1 aromatic rings. The molecule has 1 fully saturated rings. The van der Waals surface area contributed by atoms with E-state index in [1.165, 1.54) is 6.20 Å². The first-order valence-corrected chi connectivity index (χ1v) is 6.41. The van der Waals surface area contributed by atoms with Crippen LogP contribution >= 0.6 is 11.6 Å². The lowest BCUT2D eigenvalue weighted by Crippen LogP contribution is -2.38. The Bertz CT molecular complexity index is 444. The van der Waals surface area contributed by atoms with Crippen molar-refractivity contribution in [2.75, 3.05) is 18.5 Å². The van der Waals surface area contributed by atoms with E-state index in [4.69, 9.17) is 17.4 Å². The number of likely N-dealkylation sites (tertiary alicyclic amines) is 1. The number of nitrogens with zero attached hydrogens (tertiary/aromatic N) is 2. The normalized spacial score (nSPS) is 16.7. The molecule has 1 aromatic heterocycles. The molecule has 0 aromatic carbocycles. The SMILES string of the molecule is CC1CCN(C(=O)c2cnc(NN)c(Cl)c2)CC1. The van der Waals surface area contributed by atoms with Gasteiger partial charge in [0.15, 0.2) is 5.82 Å². The van der Waals surface area contributed by atoms with Crippen LogP contribution in [0.1, 0.15) is 30.1 Å². The van der Waals surface area contributed by atoms with Crippen LogP contribution in [0.4, 0.5) is 5.82 Å². The van der Waals surface area contributed by atoms with E-state index in [2.05, 4.69) is 17.3 Å². The van der Waals surface area contributed by atoms with Gasteiger partial charge in [-0.05, 0) is 24.8 Å². The Morgan fingerprint density at radius 1 is 1.56 bits per heavy atom. The Morgan fingerprint density at radius 3 is 2.78 bits per heavy atom. The molecule has 1 aliphatic heterocycles. The first-order chi connectivity index (χ1) is 8.61. The molecule has 6 heteroatoms. The number of aromatic nitrogens is 1. The molecule has 3 N–H and O–H groups in total. The number of nitrogens with one attached hydrogen (secondary N) is 1. The van der Waals surface area contributed by atoms with Crippen LogP contribution in [0.15, 0.2) is 12.3 Å². The van der Waals surface area contributed by atoms with Crippen molar-refractivity contribution < 1.29 is 4.79 Å². The molecule has 2 heterocycles. The summed E-state index contributed by atoms with van der Waals surface area (Å²) in [6, 6.07) is 1.60. The van der Waals surface area contributed by atoms with E-state index < -0.39 is 0 Å². The van der Waals surface area contributed by atoms with Crippen molar-refractivity contribution >= 4 is 23.3 Å². The quantitative estimate of drug-likeness (QED) is 0.635. The van der Waals surface area contributed by atoms with Crippen molar-refractivity contribution in [3.63, 3.8) is 0 Å². The Balaban J connectivity index is 2.11. The summed E-state index contributed by atoms with van der Waals surface area (Å²) < 4.78 is 0. The summed E-state index contributed by atoms with van der Waals surface area (Å²) in [4.78, 5) is 18.1. The fourth-order valence-electron chi connectivity index (χ4n) is 2.06. The molecule has 5 nitrogen and oxygen atoms in total. The van der Waals surface area contributed by atoms with Gasteiger partial charge in [0.2, 0.25) is 0 Å². The number of nitrogens with two attached hydrogens (primary N) is 1. The number of carbonyl (C=O) groups is 1. The molecule has 2 rings (SSSR count). The fraction of sp³-hybridized carbons (Fsp3) is 0.500. The standard InChI is InChI=1S/C12H17ClN4O/c1-8-2-4-17(5-3-8)12(18)9-6-10(13)11(16-14)15-7-9/h6-8H,2-5,14H2,1H3,(H,15,16). The number of piperidine rings is 1. The molecule has 0 bridgehead atoms. The van der Waals surface area contributed by atoms with Gasteiger partial charge < -0.3 is 10.3 Å². The van der Waals surface area contributed by atoms with E-state index in [1.807, 2.05) is 4.90 Å². The van der Waals surface area contributed by atoms with Gasteiger partial charge in [-0.2, -0.15) is 0 Å². The van der Waals surface area contributed by atoms with E-state index in [1.54, 1.807) is 6.07 Å². The Morgan fingerprint density at radius 2 is 2.22 bits per heavy atom. The number of pyridine rings is 1. The van der Waals surface area contributed by atoms with Gasteiger partial charge in [0, 0.05) is 19.3 Å². The summed E-state index contributed by atoms with van der Waals surface area (Å²) in [6.07, 6.45) is 3.60. The van der Waals surface area contributed by atoms with Gasteiger partial charge in [-0.15, -0.1) is 0 Å². The van der Waals surface area contributed by atoms with Crippen molar-refractivity contribution in [3.05, 3.63) is 22.8 Å². The third-order valence-electron chi connectivity index (χ3n) is 3.30. The number of halogens is 1. The molecule has 1 amide bonds. The van der Waals surface area contributed by atoms with Crippen LogP contribution < -0.4 is 11.3 Å². The number of carbonyl (C=O) groups excluding carboxylic acids is 1. The second kappa shape index (κ2) is 5.54. The number of rotatable bonds is 2. The molecule has 18 heavy (non-hydrogen) atoms. The minimum atomic E-state index is -0.0140. The van der Waals surface area contributed by atoms with E-state index in [0.717, 1.165) is 25.9 Å². The average molecular weight is 269 g/mol. The molecule has 0 spiro atoms. The first kappa shape index (κ1) is 13.1. The summed E-state index contributed by atoms with van der Waals surface area (Å²) in [7, 11) is 0. The van der Waals surface area contributed by atoms with Crippen LogP contribution in [-0.4, -0.2) is 28.9 Å². The minimum absolute atomic E-state index is 0.0140. The van der Waals surface area contributed by atoms with Crippen molar-refractivity contribution in [3.8, 4) is 0 Å². The van der Waals surface area contributed by atoms with Crippen molar-refractivity contribution in [2.45, 2.75) is 19.8 Å². The molecule has 0 atom stereocenters. The Labute approximate surface area is 111 Å². The number of hydrogen-bond donors (Lipinski definition) is 2. The van der Waals surface area contributed by atoms with Gasteiger partial charge >= 0.3 is 0 Å². The predicted octanol–water partition coefficient (Wildman–Crippen LogP) is 1.89. The van der Waals surface area contributed by atoms with Crippen molar-refractivity contribution in [1.29, 1.82) is 0 Å². The zero-order chi connectivity index (χ0) is 13.1. The summed E-state index contributed by atoms with van der Waals surface area (Å²) in [5.41, 5.74) is 2.89. The van der Waals surface area contributed by atoms with Gasteiger partial charge in [-0.1, -0.05) is 18.5 Å². The van der Waals surface area contributed by atoms with Gasteiger partial charge in [0.25, 0.3) is 5.91 Å². The van der Waals surface area contributed by atoms with Crippen LogP contribution in [0.5, 0.6) is 0 Å². The summed E-state index contributed by atoms with van der Waals surface area (Å²) in [5.74, 6) is 6.30. The Hall–Kier alpha value is -1.33. The molecule has 1 saturated heterocycles. The maximum Gasteiger partial charge on any atom is 0.255 e. The maximum atomic E-state index is 12.2. The second-order valence-corrected chi connectivity index (χ2v) is 5.08. The highest BCUT2D eigenvalue weighted by Gasteiger charge is 2.22. The van der Waals surface area contributed by atoms with E-state index in [-0.39, 0.29) is 5.91 Å². The van der Waals surface area contributed by atoms with Gasteiger partial charge in [-0.3, -0.25) is 4.79 Å². The van der Waals surface area contributed by atoms with Crippen LogP contribution in [0.25, 0.3) is 0 Å². The minimum Gasteiger partial charge on any atom is -0.339 e. The topological polar surface area (TPSA) is 71.2 Å². The fourth-order valence-corrected chi connectivity index (χ4v) is 2.28. The lowest BCUT2D eigenvalue weighted by atomic mass is 9.99. The molecule has 0 aliphatic carbocycles. The molecule has 0 saturated carbocycles. The summed E-state index contributed by atoms with van der Waals surface area (Å²) >= 11 is 5.96. The number of amides is 1. The highest BCUT2D eigenvalue weighted by molar-refractivity contribution is 6.33. The number of hydrogen-bond acceptors (Lipinski definition) is 4. The molecule has 98 valence electrons. The third kappa shape index (κ3) is 2.73. The largest absolute Gasteiger partial charge is 0.339 e. The second-order valence-electron chi connectivity index (χ2n) is 4.67. The lowest BCUT2D eigenvalue weighted by Gasteiger charge is -2.30. The van der Waals surface area contributed by atoms with Crippen LogP contribution in [0.3, 0.4) is 0 Å². The highest BCUT2D eigenvalue weighted by Crippen LogP contribution is 2.22. The summed E-state index contributed by atoms with van der Waals surface area (Å²) in [6.45, 7) is 3.81. The lowest BCUT2D eigenvalue weighted by molar-refractivity contribution is 0.0697. The van der Waals surface area contributed by atoms with Crippen LogP contribution in [0, 0.1) is 5.92 Å². The van der Waals surface area contributed by atoms with E-state index in [9.17, 15) is 4.79 Å². The van der Waals surface area contributed by atoms with E-state index >= 15 is 0 Å². The molecular weight excluding hydrogens is 252 g/mol. The smallest absolute Gasteiger partial charge is 0.255 e. The van der Waals surface area contributed by atoms with E-state index in [0.29, 0.717) is 22.3 Å².